The summed E-state index contributed by atoms with van der Waals surface area (Å²) in [6, 6.07) is 3.82. The van der Waals surface area contributed by atoms with Crippen molar-refractivity contribution in [3.8, 4) is 17.2 Å². The van der Waals surface area contributed by atoms with E-state index in [1.807, 2.05) is 0 Å². The molecule has 1 unspecified atom stereocenters. The van der Waals surface area contributed by atoms with Crippen molar-refractivity contribution in [2.75, 3.05) is 13.7 Å². The van der Waals surface area contributed by atoms with Gasteiger partial charge in [-0.05, 0) is 25.8 Å². The average molecular weight is 542 g/mol. The Labute approximate surface area is 224 Å². The Morgan fingerprint density at radius 2 is 1.85 bits per heavy atom. The fourth-order valence-electron chi connectivity index (χ4n) is 5.99. The maximum Gasteiger partial charge on any atom is 0.202 e. The number of aliphatic hydroxyl groups is 2. The van der Waals surface area contributed by atoms with Crippen molar-refractivity contribution in [3.05, 3.63) is 51.6 Å². The molecule has 0 radical (unpaired) electrons. The fraction of sp³-hybridized carbons (Fsp3) is 0.464. The van der Waals surface area contributed by atoms with E-state index in [9.17, 15) is 34.8 Å². The Morgan fingerprint density at radius 1 is 1.15 bits per heavy atom. The first-order valence-corrected chi connectivity index (χ1v) is 12.7. The molecule has 2 aliphatic carbocycles. The Kier molecular flexibility index (Phi) is 6.76. The van der Waals surface area contributed by atoms with Crippen molar-refractivity contribution in [1.29, 1.82) is 0 Å². The number of carbonyl (C=O) groups is 3. The van der Waals surface area contributed by atoms with E-state index in [1.165, 1.54) is 25.3 Å². The van der Waals surface area contributed by atoms with Crippen LogP contribution in [0.25, 0.3) is 0 Å². The second-order valence-electron chi connectivity index (χ2n) is 10.7. The number of Topliss-reactive ketones (excluding diaryl/α,β-unsaturated/α-hetero) is 1. The summed E-state index contributed by atoms with van der Waals surface area (Å²) in [7, 11) is 1.35. The molecular formula is C28H31NO10. The monoisotopic (exact) mass is 541 g/mol. The zero-order valence-electron chi connectivity index (χ0n) is 21.8. The molecule has 11 nitrogen and oxygen atoms in total. The zero-order valence-corrected chi connectivity index (χ0v) is 21.8. The Balaban J connectivity index is 1.69. The number of nitrogens with two attached hydrogens (primary N) is 1. The number of hydrogen-bond donors (Lipinski definition) is 5. The standard InChI is InChI=1S/C28H31NO10/c1-11-23(32)14(29)7-18(38-11)39-16-9-28(2,17(31)10-30)8-13-20(16)27(36)22-21(25(13)34)24(33)12-5-4-6-15(37-3)19(12)26(22)35/h4-6,11,14,16,18,23,30,32,34,36H,7-10,29H2,1-3H3/t11-,14-,16-,18?,23+,28+/m0/s1. The van der Waals surface area contributed by atoms with E-state index in [4.69, 9.17) is 19.9 Å². The van der Waals surface area contributed by atoms with Gasteiger partial charge in [-0.25, -0.2) is 0 Å². The Morgan fingerprint density at radius 3 is 2.49 bits per heavy atom. The molecule has 39 heavy (non-hydrogen) atoms. The number of benzene rings is 2. The van der Waals surface area contributed by atoms with Crippen molar-refractivity contribution in [3.63, 3.8) is 0 Å². The summed E-state index contributed by atoms with van der Waals surface area (Å²) >= 11 is 0. The molecule has 1 heterocycles. The molecule has 0 amide bonds. The molecule has 1 fully saturated rings. The molecule has 0 bridgehead atoms. The maximum atomic E-state index is 13.7. The van der Waals surface area contributed by atoms with Crippen LogP contribution in [-0.2, 0) is 20.7 Å². The summed E-state index contributed by atoms with van der Waals surface area (Å²) in [5.41, 5.74) is 4.14. The predicted octanol–water partition coefficient (Wildman–Crippen LogP) is 1.28. The van der Waals surface area contributed by atoms with Crippen LogP contribution in [0.15, 0.2) is 18.2 Å². The van der Waals surface area contributed by atoms with E-state index in [2.05, 4.69) is 0 Å². The van der Waals surface area contributed by atoms with Gasteiger partial charge in [0.2, 0.25) is 5.78 Å². The van der Waals surface area contributed by atoms with Crippen LogP contribution in [-0.4, -0.2) is 76.0 Å². The smallest absolute Gasteiger partial charge is 0.202 e. The topological polar surface area (TPSA) is 186 Å². The maximum absolute atomic E-state index is 13.7. The number of ketones is 3. The zero-order chi connectivity index (χ0) is 28.4. The highest BCUT2D eigenvalue weighted by molar-refractivity contribution is 6.31. The molecule has 1 saturated heterocycles. The Hall–Kier alpha value is -3.35. The largest absolute Gasteiger partial charge is 0.507 e. The van der Waals surface area contributed by atoms with Gasteiger partial charge in [0, 0.05) is 34.6 Å². The van der Waals surface area contributed by atoms with Crippen molar-refractivity contribution >= 4 is 17.3 Å². The van der Waals surface area contributed by atoms with Gasteiger partial charge in [0.1, 0.15) is 23.9 Å². The number of aromatic hydroxyl groups is 2. The third kappa shape index (κ3) is 4.12. The summed E-state index contributed by atoms with van der Waals surface area (Å²) in [5.74, 6) is -2.88. The van der Waals surface area contributed by atoms with Gasteiger partial charge in [-0.3, -0.25) is 14.4 Å². The second kappa shape index (κ2) is 9.68. The summed E-state index contributed by atoms with van der Waals surface area (Å²) in [4.78, 5) is 40.1. The van der Waals surface area contributed by atoms with Gasteiger partial charge in [-0.15, -0.1) is 0 Å². The lowest BCUT2D eigenvalue weighted by molar-refractivity contribution is -0.245. The van der Waals surface area contributed by atoms with E-state index in [1.54, 1.807) is 13.8 Å². The number of carbonyl (C=O) groups excluding carboxylic acids is 3. The minimum atomic E-state index is -1.24. The molecule has 0 aromatic heterocycles. The van der Waals surface area contributed by atoms with Crippen molar-refractivity contribution in [1.82, 2.24) is 0 Å². The number of phenolic OH excluding ortho intramolecular Hbond substituents is 2. The highest BCUT2D eigenvalue weighted by Crippen LogP contribution is 2.54. The van der Waals surface area contributed by atoms with Crippen LogP contribution >= 0.6 is 0 Å². The van der Waals surface area contributed by atoms with E-state index in [0.29, 0.717) is 0 Å². The number of phenols is 2. The van der Waals surface area contributed by atoms with Crippen LogP contribution in [0.2, 0.25) is 0 Å². The second-order valence-corrected chi connectivity index (χ2v) is 10.7. The predicted molar refractivity (Wildman–Crippen MR) is 135 cm³/mol. The number of hydrogen-bond acceptors (Lipinski definition) is 11. The molecule has 2 aromatic rings. The van der Waals surface area contributed by atoms with Gasteiger partial charge >= 0.3 is 0 Å². The summed E-state index contributed by atoms with van der Waals surface area (Å²) in [5, 5.41) is 42.8. The van der Waals surface area contributed by atoms with Crippen molar-refractivity contribution < 1.29 is 49.0 Å². The van der Waals surface area contributed by atoms with Crippen LogP contribution in [0.4, 0.5) is 0 Å². The van der Waals surface area contributed by atoms with E-state index >= 15 is 0 Å². The number of ether oxygens (including phenoxy) is 3. The molecule has 0 spiro atoms. The number of methoxy groups -OCH3 is 1. The number of aliphatic hydroxyl groups excluding tert-OH is 2. The molecule has 1 aliphatic heterocycles. The third-order valence-electron chi connectivity index (χ3n) is 8.17. The van der Waals surface area contributed by atoms with Gasteiger partial charge in [0.05, 0.1) is 42.1 Å². The molecule has 2 aromatic carbocycles. The summed E-state index contributed by atoms with van der Waals surface area (Å²) < 4.78 is 17.3. The van der Waals surface area contributed by atoms with E-state index in [0.717, 1.165) is 0 Å². The first-order valence-electron chi connectivity index (χ1n) is 12.7. The van der Waals surface area contributed by atoms with Gasteiger partial charge in [-0.1, -0.05) is 19.1 Å². The minimum Gasteiger partial charge on any atom is -0.507 e. The third-order valence-corrected chi connectivity index (χ3v) is 8.17. The first kappa shape index (κ1) is 27.2. The van der Waals surface area contributed by atoms with Gasteiger partial charge in [0.15, 0.2) is 17.9 Å². The van der Waals surface area contributed by atoms with Crippen LogP contribution in [0.1, 0.15) is 75.8 Å². The molecular weight excluding hydrogens is 510 g/mol. The van der Waals surface area contributed by atoms with Gasteiger partial charge < -0.3 is 40.4 Å². The lowest BCUT2D eigenvalue weighted by Crippen LogP contribution is -2.52. The normalized spacial score (nSPS) is 29.8. The highest BCUT2D eigenvalue weighted by atomic mass is 16.7. The summed E-state index contributed by atoms with van der Waals surface area (Å²) in [6.45, 7) is 2.45. The van der Waals surface area contributed by atoms with Crippen molar-refractivity contribution in [2.24, 2.45) is 11.1 Å². The first-order chi connectivity index (χ1) is 18.4. The van der Waals surface area contributed by atoms with E-state index in [-0.39, 0.29) is 58.4 Å². The number of fused-ring (bicyclic) bond motifs is 3. The van der Waals surface area contributed by atoms with Crippen LogP contribution in [0.5, 0.6) is 17.2 Å². The van der Waals surface area contributed by atoms with Gasteiger partial charge in [0.25, 0.3) is 0 Å². The molecule has 11 heteroatoms. The minimum absolute atomic E-state index is 0.0106. The van der Waals surface area contributed by atoms with Crippen molar-refractivity contribution in [2.45, 2.75) is 63.8 Å². The molecule has 6 atom stereocenters. The SMILES string of the molecule is COc1cccc2c1C(=O)c1c(O)c3c(c(O)c1C2=O)C[C@@](C)(C(=O)CO)C[C@@H]3OC1C[C@H](N)[C@H](O)[C@H](C)O1. The molecule has 6 N–H and O–H groups in total. The molecule has 3 aliphatic rings. The summed E-state index contributed by atoms with van der Waals surface area (Å²) in [6.07, 6.45) is -3.68. The van der Waals surface area contributed by atoms with Gasteiger partial charge in [-0.2, -0.15) is 0 Å². The van der Waals surface area contributed by atoms with Crippen LogP contribution in [0.3, 0.4) is 0 Å². The van der Waals surface area contributed by atoms with Crippen LogP contribution < -0.4 is 10.5 Å². The lowest BCUT2D eigenvalue weighted by Gasteiger charge is -2.42. The lowest BCUT2D eigenvalue weighted by atomic mass is 9.67. The molecule has 5 rings (SSSR count). The number of rotatable bonds is 5. The average Bonchev–Trinajstić information content (AvgIpc) is 2.90. The quantitative estimate of drug-likeness (QED) is 0.293. The van der Waals surface area contributed by atoms with E-state index < -0.39 is 71.5 Å². The highest BCUT2D eigenvalue weighted by Gasteiger charge is 2.48. The molecule has 0 saturated carbocycles. The molecule has 208 valence electrons. The fourth-order valence-corrected chi connectivity index (χ4v) is 5.99. The van der Waals surface area contributed by atoms with Crippen LogP contribution in [0, 0.1) is 5.41 Å². The Bertz CT molecular complexity index is 1380.